The molecule has 1 heteroatoms. The Kier molecular flexibility index (Phi) is 7.64. The molecule has 0 nitrogen and oxygen atoms in total. The smallest absolute Gasteiger partial charge is 0.0358 e. The van der Waals surface area contributed by atoms with E-state index in [4.69, 9.17) is 0 Å². The fourth-order valence-electron chi connectivity index (χ4n) is 2.50. The Morgan fingerprint density at radius 2 is 2.28 bits per heavy atom. The molecular weight excluding hydrogens is 331 g/mol. The fourth-order valence-corrected chi connectivity index (χ4v) is 3.54. The zero-order valence-electron chi connectivity index (χ0n) is 11.7. The third-order valence-electron chi connectivity index (χ3n) is 3.51. The molecule has 1 aliphatic rings. The molecule has 1 aliphatic carbocycles. The Hall–Kier alpha value is -0.310. The number of alkyl halides is 1. The molecule has 2 unspecified atom stereocenters. The van der Waals surface area contributed by atoms with E-state index in [1.807, 2.05) is 0 Å². The van der Waals surface area contributed by atoms with Crippen molar-refractivity contribution < 1.29 is 0 Å². The highest BCUT2D eigenvalue weighted by Gasteiger charge is 2.23. The van der Waals surface area contributed by atoms with Crippen LogP contribution in [-0.2, 0) is 0 Å². The molecule has 100 valence electrons. The Morgan fingerprint density at radius 3 is 2.83 bits per heavy atom. The van der Waals surface area contributed by atoms with Crippen molar-refractivity contribution in [1.82, 2.24) is 0 Å². The summed E-state index contributed by atoms with van der Waals surface area (Å²) in [4.78, 5) is 0. The SMILES string of the molecule is C=C/C(CCCC)=C(\C=C/C)C1CCC=CC1I. The monoisotopic (exact) mass is 356 g/mol. The van der Waals surface area contributed by atoms with Crippen LogP contribution >= 0.6 is 22.6 Å². The molecule has 0 radical (unpaired) electrons. The van der Waals surface area contributed by atoms with Gasteiger partial charge in [0, 0.05) is 3.92 Å². The van der Waals surface area contributed by atoms with Crippen molar-refractivity contribution in [2.45, 2.75) is 49.9 Å². The van der Waals surface area contributed by atoms with Crippen molar-refractivity contribution in [3.63, 3.8) is 0 Å². The topological polar surface area (TPSA) is 0 Å². The number of hydrogen-bond donors (Lipinski definition) is 0. The zero-order valence-corrected chi connectivity index (χ0v) is 13.8. The molecule has 0 heterocycles. The van der Waals surface area contributed by atoms with Crippen LogP contribution in [0.2, 0.25) is 0 Å². The molecule has 0 bridgehead atoms. The minimum Gasteiger partial charge on any atom is -0.0988 e. The first-order valence-electron chi connectivity index (χ1n) is 7.03. The first-order chi connectivity index (χ1) is 8.74. The van der Waals surface area contributed by atoms with Gasteiger partial charge in [0.2, 0.25) is 0 Å². The Bertz CT molecular complexity index is 347. The highest BCUT2D eigenvalue weighted by Crippen LogP contribution is 2.35. The van der Waals surface area contributed by atoms with Crippen LogP contribution in [0, 0.1) is 5.92 Å². The highest BCUT2D eigenvalue weighted by molar-refractivity contribution is 14.1. The van der Waals surface area contributed by atoms with E-state index in [2.05, 4.69) is 73.4 Å². The van der Waals surface area contributed by atoms with Crippen molar-refractivity contribution >= 4 is 22.6 Å². The summed E-state index contributed by atoms with van der Waals surface area (Å²) < 4.78 is 0.624. The van der Waals surface area contributed by atoms with Gasteiger partial charge in [0.05, 0.1) is 0 Å². The first-order valence-corrected chi connectivity index (χ1v) is 8.28. The van der Waals surface area contributed by atoms with Crippen LogP contribution in [0.15, 0.2) is 48.1 Å². The number of rotatable bonds is 6. The summed E-state index contributed by atoms with van der Waals surface area (Å²) in [5.74, 6) is 0.664. The second kappa shape index (κ2) is 8.73. The number of hydrogen-bond acceptors (Lipinski definition) is 0. The minimum absolute atomic E-state index is 0.624. The Balaban J connectivity index is 3.01. The van der Waals surface area contributed by atoms with Crippen LogP contribution < -0.4 is 0 Å². The molecule has 1 rings (SSSR count). The number of halogens is 1. The average molecular weight is 356 g/mol. The Morgan fingerprint density at radius 1 is 1.50 bits per heavy atom. The van der Waals surface area contributed by atoms with E-state index in [0.29, 0.717) is 9.84 Å². The normalized spacial score (nSPS) is 25.3. The van der Waals surface area contributed by atoms with Crippen LogP contribution in [0.3, 0.4) is 0 Å². The van der Waals surface area contributed by atoms with Crippen molar-refractivity contribution in [1.29, 1.82) is 0 Å². The van der Waals surface area contributed by atoms with Gasteiger partial charge in [-0.05, 0) is 49.7 Å². The van der Waals surface area contributed by atoms with E-state index >= 15 is 0 Å². The molecule has 0 N–H and O–H groups in total. The Labute approximate surface area is 126 Å². The van der Waals surface area contributed by atoms with Gasteiger partial charge in [0.1, 0.15) is 0 Å². The lowest BCUT2D eigenvalue weighted by Crippen LogP contribution is -2.18. The molecule has 2 atom stereocenters. The van der Waals surface area contributed by atoms with E-state index in [0.717, 1.165) is 0 Å². The van der Waals surface area contributed by atoms with Crippen LogP contribution in [0.5, 0.6) is 0 Å². The molecule has 0 aromatic heterocycles. The van der Waals surface area contributed by atoms with Crippen molar-refractivity contribution in [3.8, 4) is 0 Å². The van der Waals surface area contributed by atoms with Gasteiger partial charge >= 0.3 is 0 Å². The predicted octanol–water partition coefficient (Wildman–Crippen LogP) is 6.01. The van der Waals surface area contributed by atoms with Crippen molar-refractivity contribution in [3.05, 3.63) is 48.1 Å². The van der Waals surface area contributed by atoms with E-state index < -0.39 is 0 Å². The van der Waals surface area contributed by atoms with Gasteiger partial charge in [-0.2, -0.15) is 0 Å². The van der Waals surface area contributed by atoms with E-state index in [9.17, 15) is 0 Å². The van der Waals surface area contributed by atoms with Gasteiger partial charge < -0.3 is 0 Å². The molecule has 0 aromatic carbocycles. The van der Waals surface area contributed by atoms with E-state index in [1.165, 1.54) is 43.3 Å². The molecule has 18 heavy (non-hydrogen) atoms. The maximum absolute atomic E-state index is 4.02. The highest BCUT2D eigenvalue weighted by atomic mass is 127. The van der Waals surface area contributed by atoms with Crippen LogP contribution in [0.25, 0.3) is 0 Å². The number of allylic oxidation sites excluding steroid dienone is 7. The second-order valence-electron chi connectivity index (χ2n) is 4.84. The summed E-state index contributed by atoms with van der Waals surface area (Å²) in [6, 6.07) is 0. The summed E-state index contributed by atoms with van der Waals surface area (Å²) in [7, 11) is 0. The maximum Gasteiger partial charge on any atom is 0.0358 e. The van der Waals surface area contributed by atoms with E-state index in [1.54, 1.807) is 0 Å². The van der Waals surface area contributed by atoms with E-state index in [-0.39, 0.29) is 0 Å². The third kappa shape index (κ3) is 4.42. The lowest BCUT2D eigenvalue weighted by atomic mass is 9.83. The van der Waals surface area contributed by atoms with Crippen LogP contribution in [0.1, 0.15) is 46.0 Å². The fraction of sp³-hybridized carbons (Fsp3) is 0.529. The van der Waals surface area contributed by atoms with Crippen LogP contribution in [0.4, 0.5) is 0 Å². The lowest BCUT2D eigenvalue weighted by Gasteiger charge is -2.26. The molecule has 0 spiro atoms. The third-order valence-corrected chi connectivity index (χ3v) is 4.79. The zero-order chi connectivity index (χ0) is 13.4. The van der Waals surface area contributed by atoms with Gasteiger partial charge in [-0.15, -0.1) is 0 Å². The average Bonchev–Trinajstić information content (AvgIpc) is 2.39. The van der Waals surface area contributed by atoms with Crippen molar-refractivity contribution in [2.75, 3.05) is 0 Å². The molecule has 0 aromatic rings. The van der Waals surface area contributed by atoms with Gasteiger partial charge in [-0.25, -0.2) is 0 Å². The van der Waals surface area contributed by atoms with Gasteiger partial charge in [0.25, 0.3) is 0 Å². The first kappa shape index (κ1) is 15.7. The summed E-state index contributed by atoms with van der Waals surface area (Å²) in [5.41, 5.74) is 2.97. The summed E-state index contributed by atoms with van der Waals surface area (Å²) in [6.45, 7) is 8.39. The number of unbranched alkanes of at least 4 members (excludes halogenated alkanes) is 1. The summed E-state index contributed by atoms with van der Waals surface area (Å²) in [6.07, 6.45) is 17.4. The van der Waals surface area contributed by atoms with Crippen molar-refractivity contribution in [2.24, 2.45) is 5.92 Å². The molecular formula is C17H25I. The predicted molar refractivity (Wildman–Crippen MR) is 91.2 cm³/mol. The molecule has 0 saturated heterocycles. The quantitative estimate of drug-likeness (QED) is 0.237. The van der Waals surface area contributed by atoms with Crippen LogP contribution in [-0.4, -0.2) is 3.92 Å². The summed E-state index contributed by atoms with van der Waals surface area (Å²) >= 11 is 2.57. The second-order valence-corrected chi connectivity index (χ2v) is 6.28. The van der Waals surface area contributed by atoms with Gasteiger partial charge in [-0.1, -0.05) is 72.9 Å². The standard InChI is InChI=1S/C17H25I/c1-4-7-11-14(6-3)15(10-5-2)16-12-8-9-13-17(16)18/h5-6,9-10,13,16-17H,3-4,7-8,11-12H2,1-2H3/b10-5-,15-14-. The maximum atomic E-state index is 4.02. The summed E-state index contributed by atoms with van der Waals surface area (Å²) in [5, 5.41) is 0. The van der Waals surface area contributed by atoms with Gasteiger partial charge in [0.15, 0.2) is 0 Å². The molecule has 0 saturated carbocycles. The molecule has 0 aliphatic heterocycles. The molecule has 0 fully saturated rings. The largest absolute Gasteiger partial charge is 0.0988 e. The molecule has 0 amide bonds. The minimum atomic E-state index is 0.624. The lowest BCUT2D eigenvalue weighted by molar-refractivity contribution is 0.579. The van der Waals surface area contributed by atoms with Gasteiger partial charge in [-0.3, -0.25) is 0 Å².